The van der Waals surface area contributed by atoms with Gasteiger partial charge in [-0.3, -0.25) is 4.79 Å². The SMILES string of the molecule is CC[C@@H](C)[C@H](CO[C@@H](Cc1ccccc1)C(=O)N[C@@H](CC(C(C)C)S(C)(=O)=O)C(=O)O)NC[C@@H](N)CS. The molecule has 0 saturated heterocycles. The summed E-state index contributed by atoms with van der Waals surface area (Å²) in [4.78, 5) is 25.3. The first-order valence-corrected chi connectivity index (χ1v) is 15.4. The van der Waals surface area contributed by atoms with Crippen molar-refractivity contribution in [2.75, 3.05) is 25.2 Å². The molecule has 37 heavy (non-hydrogen) atoms. The number of rotatable bonds is 18. The number of thiol groups is 1. The first-order chi connectivity index (χ1) is 17.3. The molecule has 0 radical (unpaired) electrons. The summed E-state index contributed by atoms with van der Waals surface area (Å²) in [5.74, 6) is -1.43. The minimum absolute atomic E-state index is 0.0761. The number of carboxylic acid groups (broad SMARTS) is 1. The van der Waals surface area contributed by atoms with Gasteiger partial charge in [-0.1, -0.05) is 64.4 Å². The normalized spacial score (nSPS) is 17.0. The third-order valence-corrected chi connectivity index (χ3v) is 8.92. The highest BCUT2D eigenvalue weighted by Crippen LogP contribution is 2.18. The first kappa shape index (κ1) is 33.4. The van der Waals surface area contributed by atoms with Crippen LogP contribution in [0.25, 0.3) is 0 Å². The van der Waals surface area contributed by atoms with E-state index in [2.05, 4.69) is 37.1 Å². The summed E-state index contributed by atoms with van der Waals surface area (Å²) in [7, 11) is -3.52. The van der Waals surface area contributed by atoms with Crippen molar-refractivity contribution in [2.24, 2.45) is 17.6 Å². The van der Waals surface area contributed by atoms with Gasteiger partial charge in [0.25, 0.3) is 0 Å². The van der Waals surface area contributed by atoms with Crippen LogP contribution in [0.1, 0.15) is 46.1 Å². The van der Waals surface area contributed by atoms with Crippen LogP contribution < -0.4 is 16.4 Å². The Hall–Kier alpha value is -1.66. The van der Waals surface area contributed by atoms with E-state index in [1.54, 1.807) is 13.8 Å². The molecule has 212 valence electrons. The van der Waals surface area contributed by atoms with Crippen LogP contribution in [0.3, 0.4) is 0 Å². The number of sulfone groups is 1. The van der Waals surface area contributed by atoms with Crippen molar-refractivity contribution in [3.8, 4) is 0 Å². The second-order valence-electron chi connectivity index (χ2n) is 10.1. The third kappa shape index (κ3) is 12.2. The number of hydrogen-bond donors (Lipinski definition) is 5. The summed E-state index contributed by atoms with van der Waals surface area (Å²) >= 11 is 4.23. The van der Waals surface area contributed by atoms with Gasteiger partial charge in [-0.05, 0) is 23.8 Å². The van der Waals surface area contributed by atoms with Crippen LogP contribution in [0.2, 0.25) is 0 Å². The molecule has 5 N–H and O–H groups in total. The first-order valence-electron chi connectivity index (χ1n) is 12.8. The van der Waals surface area contributed by atoms with E-state index in [1.165, 1.54) is 0 Å². The van der Waals surface area contributed by atoms with Crippen LogP contribution in [0.4, 0.5) is 0 Å². The van der Waals surface area contributed by atoms with E-state index in [4.69, 9.17) is 10.5 Å². The molecule has 0 aliphatic heterocycles. The fraction of sp³-hybridized carbons (Fsp3) is 0.692. The summed E-state index contributed by atoms with van der Waals surface area (Å²) in [6, 6.07) is 7.74. The molecule has 1 unspecified atom stereocenters. The summed E-state index contributed by atoms with van der Waals surface area (Å²) in [6.45, 7) is 8.34. The molecule has 0 aromatic heterocycles. The lowest BCUT2D eigenvalue weighted by Crippen LogP contribution is -2.51. The molecular weight excluding hydrogens is 514 g/mol. The Morgan fingerprint density at radius 3 is 2.27 bits per heavy atom. The average Bonchev–Trinajstić information content (AvgIpc) is 2.84. The minimum atomic E-state index is -3.52. The zero-order valence-electron chi connectivity index (χ0n) is 22.6. The van der Waals surface area contributed by atoms with E-state index in [-0.39, 0.29) is 43.4 Å². The van der Waals surface area contributed by atoms with E-state index in [1.807, 2.05) is 30.3 Å². The standard InChI is InChI=1S/C26H45N3O6S2/c1-6-18(4)22(28-14-20(27)16-36)15-35-23(12-19-10-8-7-9-11-19)25(30)29-21(26(31)32)13-24(17(2)3)37(5,33)34/h7-11,17-18,20-24,28,36H,6,12-16,27H2,1-5H3,(H,29,30)(H,31,32)/t18-,20-,21+,22+,23+,24?/m1/s1. The lowest BCUT2D eigenvalue weighted by atomic mass is 9.99. The van der Waals surface area contributed by atoms with E-state index in [0.29, 0.717) is 12.3 Å². The molecule has 0 saturated carbocycles. The van der Waals surface area contributed by atoms with Crippen LogP contribution in [0.5, 0.6) is 0 Å². The summed E-state index contributed by atoms with van der Waals surface area (Å²) in [5, 5.41) is 14.8. The lowest BCUT2D eigenvalue weighted by Gasteiger charge is -2.29. The fourth-order valence-corrected chi connectivity index (χ4v) is 5.67. The molecule has 0 bridgehead atoms. The number of ether oxygens (including phenoxy) is 1. The number of hydrogen-bond acceptors (Lipinski definition) is 8. The van der Waals surface area contributed by atoms with Gasteiger partial charge >= 0.3 is 5.97 Å². The molecule has 0 fully saturated rings. The Balaban J connectivity index is 3.10. The van der Waals surface area contributed by atoms with Gasteiger partial charge in [0.2, 0.25) is 5.91 Å². The Bertz CT molecular complexity index is 929. The molecular formula is C26H45N3O6S2. The Morgan fingerprint density at radius 2 is 1.78 bits per heavy atom. The van der Waals surface area contributed by atoms with Crippen molar-refractivity contribution in [1.29, 1.82) is 0 Å². The average molecular weight is 560 g/mol. The lowest BCUT2D eigenvalue weighted by molar-refractivity contribution is -0.144. The van der Waals surface area contributed by atoms with Crippen molar-refractivity contribution in [1.82, 2.24) is 10.6 Å². The molecule has 6 atom stereocenters. The molecule has 9 nitrogen and oxygen atoms in total. The van der Waals surface area contributed by atoms with Gasteiger partial charge in [0.1, 0.15) is 12.1 Å². The zero-order chi connectivity index (χ0) is 28.2. The number of nitrogens with one attached hydrogen (secondary N) is 2. The number of carbonyl (C=O) groups is 2. The Labute approximate surface area is 227 Å². The maximum atomic E-state index is 13.3. The van der Waals surface area contributed by atoms with Crippen LogP contribution in [-0.2, 0) is 30.6 Å². The van der Waals surface area contributed by atoms with Crippen molar-refractivity contribution in [2.45, 2.75) is 76.4 Å². The Morgan fingerprint density at radius 1 is 1.16 bits per heavy atom. The smallest absolute Gasteiger partial charge is 0.326 e. The summed E-state index contributed by atoms with van der Waals surface area (Å²) < 4.78 is 30.6. The quantitative estimate of drug-likeness (QED) is 0.171. The Kier molecular flexibility index (Phi) is 14.7. The van der Waals surface area contributed by atoms with E-state index in [0.717, 1.165) is 18.2 Å². The van der Waals surface area contributed by atoms with Crippen molar-refractivity contribution >= 4 is 34.3 Å². The van der Waals surface area contributed by atoms with Gasteiger partial charge in [-0.15, -0.1) is 0 Å². The molecule has 1 aromatic rings. The van der Waals surface area contributed by atoms with Crippen LogP contribution in [0.15, 0.2) is 30.3 Å². The number of carbonyl (C=O) groups excluding carboxylic acids is 1. The molecule has 0 heterocycles. The van der Waals surface area contributed by atoms with E-state index < -0.39 is 39.1 Å². The molecule has 0 aliphatic carbocycles. The monoisotopic (exact) mass is 559 g/mol. The highest BCUT2D eigenvalue weighted by atomic mass is 32.2. The van der Waals surface area contributed by atoms with Crippen LogP contribution in [-0.4, -0.2) is 80.0 Å². The molecule has 11 heteroatoms. The topological polar surface area (TPSA) is 148 Å². The second-order valence-corrected chi connectivity index (χ2v) is 12.7. The molecule has 1 rings (SSSR count). The molecule has 1 amide bonds. The largest absolute Gasteiger partial charge is 0.480 e. The molecule has 1 aromatic carbocycles. The summed E-state index contributed by atoms with van der Waals surface area (Å²) in [6.07, 6.45) is 1.01. The summed E-state index contributed by atoms with van der Waals surface area (Å²) in [5.41, 5.74) is 6.86. The highest BCUT2D eigenvalue weighted by molar-refractivity contribution is 7.91. The maximum absolute atomic E-state index is 13.3. The van der Waals surface area contributed by atoms with Gasteiger partial charge in [0, 0.05) is 37.1 Å². The van der Waals surface area contributed by atoms with Crippen molar-refractivity contribution < 1.29 is 27.9 Å². The number of aliphatic carboxylic acids is 1. The zero-order valence-corrected chi connectivity index (χ0v) is 24.3. The number of nitrogens with two attached hydrogens (primary N) is 1. The van der Waals surface area contributed by atoms with Crippen LogP contribution >= 0.6 is 12.6 Å². The van der Waals surface area contributed by atoms with E-state index in [9.17, 15) is 23.1 Å². The van der Waals surface area contributed by atoms with Gasteiger partial charge < -0.3 is 26.2 Å². The number of carboxylic acids is 1. The van der Waals surface area contributed by atoms with Gasteiger partial charge in [0.05, 0.1) is 11.9 Å². The van der Waals surface area contributed by atoms with Gasteiger partial charge in [-0.2, -0.15) is 12.6 Å². The van der Waals surface area contributed by atoms with Crippen LogP contribution in [0, 0.1) is 11.8 Å². The maximum Gasteiger partial charge on any atom is 0.326 e. The predicted molar refractivity (Wildman–Crippen MR) is 151 cm³/mol. The second kappa shape index (κ2) is 16.3. The van der Waals surface area contributed by atoms with Crippen molar-refractivity contribution in [3.05, 3.63) is 35.9 Å². The predicted octanol–water partition coefficient (Wildman–Crippen LogP) is 1.90. The molecule has 0 spiro atoms. The third-order valence-electron chi connectivity index (χ3n) is 6.62. The van der Waals surface area contributed by atoms with Gasteiger partial charge in [-0.25, -0.2) is 13.2 Å². The fourth-order valence-electron chi connectivity index (χ4n) is 4.01. The van der Waals surface area contributed by atoms with Gasteiger partial charge in [0.15, 0.2) is 9.84 Å². The molecule has 0 aliphatic rings. The van der Waals surface area contributed by atoms with E-state index >= 15 is 0 Å². The highest BCUT2D eigenvalue weighted by Gasteiger charge is 2.34. The minimum Gasteiger partial charge on any atom is -0.480 e. The van der Waals surface area contributed by atoms with Crippen molar-refractivity contribution in [3.63, 3.8) is 0 Å². The number of amides is 1. The number of benzene rings is 1.